The number of rotatable bonds is 1. The average molecular weight is 220 g/mol. The Morgan fingerprint density at radius 2 is 2.31 bits per heavy atom. The summed E-state index contributed by atoms with van der Waals surface area (Å²) in [6.45, 7) is 3.23. The van der Waals surface area contributed by atoms with Gasteiger partial charge in [-0.25, -0.2) is 4.98 Å². The fourth-order valence-corrected chi connectivity index (χ4v) is 1.86. The fraction of sp³-hybridized carbons (Fsp3) is 0.545. The molecule has 0 aromatic carbocycles. The Morgan fingerprint density at radius 1 is 1.50 bits per heavy atom. The Kier molecular flexibility index (Phi) is 3.14. The summed E-state index contributed by atoms with van der Waals surface area (Å²) in [5.74, 6) is -0.0670. The Bertz CT molecular complexity index is 376. The molecular formula is C11H16N4O. The van der Waals surface area contributed by atoms with Crippen LogP contribution in [-0.4, -0.2) is 39.9 Å². The third-order valence-corrected chi connectivity index (χ3v) is 2.75. The standard InChI is InChI=1S/C11H16N4O/c1-8-5-14-10(6-13-8)11(16)15-4-2-3-9(12)7-15/h5-6,9H,2-4,7,12H2,1H3/t9-/m0/s1. The number of aryl methyl sites for hydroxylation is 1. The number of nitrogens with zero attached hydrogens (tertiary/aromatic N) is 3. The molecule has 0 saturated carbocycles. The summed E-state index contributed by atoms with van der Waals surface area (Å²) in [6, 6.07) is 0.0936. The van der Waals surface area contributed by atoms with Gasteiger partial charge in [0.1, 0.15) is 5.69 Å². The zero-order valence-corrected chi connectivity index (χ0v) is 9.39. The zero-order chi connectivity index (χ0) is 11.5. The minimum atomic E-state index is -0.0670. The maximum Gasteiger partial charge on any atom is 0.274 e. The van der Waals surface area contributed by atoms with Crippen molar-refractivity contribution in [3.05, 3.63) is 23.8 Å². The number of aromatic nitrogens is 2. The van der Waals surface area contributed by atoms with Crippen LogP contribution in [0.2, 0.25) is 0 Å². The molecule has 1 aromatic rings. The lowest BCUT2D eigenvalue weighted by molar-refractivity contribution is 0.0702. The molecule has 1 amide bonds. The van der Waals surface area contributed by atoms with Crippen molar-refractivity contribution in [2.45, 2.75) is 25.8 Å². The quantitative estimate of drug-likeness (QED) is 0.741. The minimum Gasteiger partial charge on any atom is -0.336 e. The molecular weight excluding hydrogens is 204 g/mol. The van der Waals surface area contributed by atoms with Gasteiger partial charge in [0.05, 0.1) is 11.9 Å². The van der Waals surface area contributed by atoms with E-state index in [-0.39, 0.29) is 11.9 Å². The number of carbonyl (C=O) groups is 1. The van der Waals surface area contributed by atoms with Crippen LogP contribution in [0.15, 0.2) is 12.4 Å². The smallest absolute Gasteiger partial charge is 0.274 e. The van der Waals surface area contributed by atoms with Crippen molar-refractivity contribution in [2.24, 2.45) is 5.73 Å². The van der Waals surface area contributed by atoms with Gasteiger partial charge in [0.2, 0.25) is 0 Å². The molecule has 16 heavy (non-hydrogen) atoms. The van der Waals surface area contributed by atoms with Gasteiger partial charge < -0.3 is 10.6 Å². The number of hydrogen-bond acceptors (Lipinski definition) is 4. The largest absolute Gasteiger partial charge is 0.336 e. The highest BCUT2D eigenvalue weighted by Crippen LogP contribution is 2.11. The predicted molar refractivity (Wildman–Crippen MR) is 59.9 cm³/mol. The summed E-state index contributed by atoms with van der Waals surface area (Å²) in [5.41, 5.74) is 7.05. The monoisotopic (exact) mass is 220 g/mol. The Hall–Kier alpha value is -1.49. The van der Waals surface area contributed by atoms with E-state index in [2.05, 4.69) is 9.97 Å². The highest BCUT2D eigenvalue weighted by molar-refractivity contribution is 5.92. The molecule has 2 heterocycles. The lowest BCUT2D eigenvalue weighted by Crippen LogP contribution is -2.45. The van der Waals surface area contributed by atoms with Crippen LogP contribution >= 0.6 is 0 Å². The molecule has 1 aromatic heterocycles. The summed E-state index contributed by atoms with van der Waals surface area (Å²) in [7, 11) is 0. The Morgan fingerprint density at radius 3 is 2.94 bits per heavy atom. The van der Waals surface area contributed by atoms with Gasteiger partial charge in [-0.3, -0.25) is 9.78 Å². The molecule has 1 saturated heterocycles. The van der Waals surface area contributed by atoms with Crippen molar-refractivity contribution in [1.29, 1.82) is 0 Å². The van der Waals surface area contributed by atoms with Crippen molar-refractivity contribution in [3.8, 4) is 0 Å². The SMILES string of the molecule is Cc1cnc(C(=O)N2CCC[C@H](N)C2)cn1. The van der Waals surface area contributed by atoms with E-state index in [0.717, 1.165) is 25.1 Å². The summed E-state index contributed by atoms with van der Waals surface area (Å²) < 4.78 is 0. The second kappa shape index (κ2) is 4.57. The molecule has 1 atom stereocenters. The molecule has 2 rings (SSSR count). The molecule has 0 spiro atoms. The predicted octanol–water partition coefficient (Wildman–Crippen LogP) is 0.348. The average Bonchev–Trinajstić information content (AvgIpc) is 2.29. The molecule has 0 bridgehead atoms. The molecule has 1 fully saturated rings. The van der Waals surface area contributed by atoms with E-state index in [9.17, 15) is 4.79 Å². The van der Waals surface area contributed by atoms with Gasteiger partial charge in [0, 0.05) is 25.3 Å². The second-order valence-corrected chi connectivity index (χ2v) is 4.20. The highest BCUT2D eigenvalue weighted by atomic mass is 16.2. The van der Waals surface area contributed by atoms with E-state index in [0.29, 0.717) is 12.2 Å². The van der Waals surface area contributed by atoms with Gasteiger partial charge in [-0.05, 0) is 19.8 Å². The van der Waals surface area contributed by atoms with Gasteiger partial charge in [0.25, 0.3) is 5.91 Å². The van der Waals surface area contributed by atoms with Crippen molar-refractivity contribution < 1.29 is 4.79 Å². The summed E-state index contributed by atoms with van der Waals surface area (Å²) in [6.07, 6.45) is 5.09. The summed E-state index contributed by atoms with van der Waals surface area (Å²) >= 11 is 0. The van der Waals surface area contributed by atoms with E-state index in [4.69, 9.17) is 5.73 Å². The van der Waals surface area contributed by atoms with E-state index < -0.39 is 0 Å². The molecule has 5 nitrogen and oxygen atoms in total. The first-order chi connectivity index (χ1) is 7.66. The van der Waals surface area contributed by atoms with Crippen molar-refractivity contribution >= 4 is 5.91 Å². The van der Waals surface area contributed by atoms with Crippen LogP contribution in [-0.2, 0) is 0 Å². The number of piperidine rings is 1. The van der Waals surface area contributed by atoms with E-state index in [1.165, 1.54) is 6.20 Å². The number of nitrogens with two attached hydrogens (primary N) is 1. The molecule has 0 radical (unpaired) electrons. The maximum atomic E-state index is 12.0. The Labute approximate surface area is 94.7 Å². The van der Waals surface area contributed by atoms with Gasteiger partial charge in [-0.1, -0.05) is 0 Å². The number of likely N-dealkylation sites (tertiary alicyclic amines) is 1. The van der Waals surface area contributed by atoms with Gasteiger partial charge in [-0.15, -0.1) is 0 Å². The lowest BCUT2D eigenvalue weighted by Gasteiger charge is -2.30. The van der Waals surface area contributed by atoms with Gasteiger partial charge >= 0.3 is 0 Å². The van der Waals surface area contributed by atoms with Crippen LogP contribution in [0.5, 0.6) is 0 Å². The topological polar surface area (TPSA) is 72.1 Å². The van der Waals surface area contributed by atoms with Crippen LogP contribution in [0.3, 0.4) is 0 Å². The van der Waals surface area contributed by atoms with Gasteiger partial charge in [-0.2, -0.15) is 0 Å². The van der Waals surface area contributed by atoms with E-state index in [1.807, 2.05) is 6.92 Å². The van der Waals surface area contributed by atoms with E-state index >= 15 is 0 Å². The van der Waals surface area contributed by atoms with Crippen molar-refractivity contribution in [2.75, 3.05) is 13.1 Å². The number of carbonyl (C=O) groups excluding carboxylic acids is 1. The maximum absolute atomic E-state index is 12.0. The molecule has 0 aliphatic carbocycles. The first-order valence-corrected chi connectivity index (χ1v) is 5.50. The molecule has 5 heteroatoms. The minimum absolute atomic E-state index is 0.0670. The Balaban J connectivity index is 2.09. The summed E-state index contributed by atoms with van der Waals surface area (Å²) in [5, 5.41) is 0. The van der Waals surface area contributed by atoms with Crippen LogP contribution in [0.25, 0.3) is 0 Å². The molecule has 2 N–H and O–H groups in total. The van der Waals surface area contributed by atoms with Crippen molar-refractivity contribution in [3.63, 3.8) is 0 Å². The third-order valence-electron chi connectivity index (χ3n) is 2.75. The first-order valence-electron chi connectivity index (χ1n) is 5.50. The molecule has 86 valence electrons. The van der Waals surface area contributed by atoms with Crippen LogP contribution in [0, 0.1) is 6.92 Å². The lowest BCUT2D eigenvalue weighted by atomic mass is 10.1. The number of hydrogen-bond donors (Lipinski definition) is 1. The normalized spacial score (nSPS) is 20.9. The molecule has 0 unspecified atom stereocenters. The van der Waals surface area contributed by atoms with Crippen LogP contribution in [0.4, 0.5) is 0 Å². The first kappa shape index (κ1) is 11.0. The second-order valence-electron chi connectivity index (χ2n) is 4.20. The molecule has 1 aliphatic heterocycles. The number of amides is 1. The highest BCUT2D eigenvalue weighted by Gasteiger charge is 2.23. The zero-order valence-electron chi connectivity index (χ0n) is 9.39. The van der Waals surface area contributed by atoms with Crippen LogP contribution < -0.4 is 5.73 Å². The fourth-order valence-electron chi connectivity index (χ4n) is 1.86. The molecule has 1 aliphatic rings. The van der Waals surface area contributed by atoms with E-state index in [1.54, 1.807) is 11.1 Å². The van der Waals surface area contributed by atoms with Crippen molar-refractivity contribution in [1.82, 2.24) is 14.9 Å². The van der Waals surface area contributed by atoms with Crippen LogP contribution in [0.1, 0.15) is 29.0 Å². The third kappa shape index (κ3) is 2.36. The van der Waals surface area contributed by atoms with Gasteiger partial charge in [0.15, 0.2) is 0 Å². The summed E-state index contributed by atoms with van der Waals surface area (Å²) in [4.78, 5) is 21.9.